The lowest BCUT2D eigenvalue weighted by atomic mass is 9.96. The fourth-order valence-electron chi connectivity index (χ4n) is 2.51. The van der Waals surface area contributed by atoms with Crippen molar-refractivity contribution in [2.75, 3.05) is 0 Å². The number of ketones is 1. The molecule has 5 N–H and O–H groups in total. The number of hydrogen-bond donors (Lipinski definition) is 5. The van der Waals surface area contributed by atoms with Crippen molar-refractivity contribution in [2.45, 2.75) is 53.6 Å². The number of hydrogen-bond acceptors (Lipinski definition) is 7. The number of phenols is 5. The van der Waals surface area contributed by atoms with E-state index in [4.69, 9.17) is 4.74 Å². The van der Waals surface area contributed by atoms with Crippen molar-refractivity contribution in [3.05, 3.63) is 35.4 Å². The Morgan fingerprint density at radius 1 is 0.966 bits per heavy atom. The second-order valence-electron chi connectivity index (χ2n) is 6.76. The SMILES string of the molecule is CC.CC(=O)C(C)C.Oc1cc(O)c2c(c1)O[C@H](c1cc(O)c(O)c(O)c1)CC2. The van der Waals surface area contributed by atoms with E-state index in [-0.39, 0.29) is 23.2 Å². The highest BCUT2D eigenvalue weighted by Gasteiger charge is 2.25. The van der Waals surface area contributed by atoms with Crippen LogP contribution in [-0.2, 0) is 11.2 Å². The highest BCUT2D eigenvalue weighted by molar-refractivity contribution is 5.77. The highest BCUT2D eigenvalue weighted by atomic mass is 16.5. The zero-order chi connectivity index (χ0) is 22.3. The Balaban J connectivity index is 0.000000454. The molecule has 3 rings (SSSR count). The first kappa shape index (κ1) is 23.9. The molecular weight excluding hydrogens is 376 g/mol. The Kier molecular flexibility index (Phi) is 8.63. The molecule has 2 aromatic carbocycles. The maximum absolute atomic E-state index is 10.1. The van der Waals surface area contributed by atoms with Crippen LogP contribution >= 0.6 is 0 Å². The third kappa shape index (κ3) is 6.20. The molecule has 0 aromatic heterocycles. The minimum absolute atomic E-state index is 0.0279. The number of aromatic hydroxyl groups is 5. The van der Waals surface area contributed by atoms with E-state index in [0.29, 0.717) is 29.7 Å². The molecule has 0 fully saturated rings. The molecule has 0 saturated heterocycles. The van der Waals surface area contributed by atoms with Crippen LogP contribution in [-0.4, -0.2) is 31.3 Å². The fraction of sp³-hybridized carbons (Fsp3) is 0.409. The molecule has 0 bridgehead atoms. The molecule has 7 heteroatoms. The Labute approximate surface area is 170 Å². The van der Waals surface area contributed by atoms with Gasteiger partial charge in [-0.1, -0.05) is 27.7 Å². The van der Waals surface area contributed by atoms with Crippen LogP contribution in [0.15, 0.2) is 24.3 Å². The van der Waals surface area contributed by atoms with Gasteiger partial charge in [0.1, 0.15) is 29.1 Å². The summed E-state index contributed by atoms with van der Waals surface area (Å²) in [6.07, 6.45) is 0.583. The van der Waals surface area contributed by atoms with Gasteiger partial charge in [0.15, 0.2) is 17.2 Å². The van der Waals surface area contributed by atoms with E-state index in [9.17, 15) is 30.3 Å². The largest absolute Gasteiger partial charge is 0.508 e. The lowest BCUT2D eigenvalue weighted by molar-refractivity contribution is -0.119. The quantitative estimate of drug-likeness (QED) is 0.463. The maximum atomic E-state index is 10.1. The summed E-state index contributed by atoms with van der Waals surface area (Å²) in [6.45, 7) is 9.38. The lowest BCUT2D eigenvalue weighted by Crippen LogP contribution is -2.15. The van der Waals surface area contributed by atoms with Crippen LogP contribution in [0.4, 0.5) is 0 Å². The summed E-state index contributed by atoms with van der Waals surface area (Å²) in [5.41, 5.74) is 1.10. The van der Waals surface area contributed by atoms with Gasteiger partial charge in [-0.15, -0.1) is 0 Å². The summed E-state index contributed by atoms with van der Waals surface area (Å²) < 4.78 is 5.71. The van der Waals surface area contributed by atoms with Crippen LogP contribution in [0, 0.1) is 5.92 Å². The highest BCUT2D eigenvalue weighted by Crippen LogP contribution is 2.44. The van der Waals surface area contributed by atoms with E-state index in [0.717, 1.165) is 0 Å². The molecule has 160 valence electrons. The van der Waals surface area contributed by atoms with Gasteiger partial charge in [-0.2, -0.15) is 0 Å². The van der Waals surface area contributed by atoms with Gasteiger partial charge in [-0.25, -0.2) is 0 Å². The van der Waals surface area contributed by atoms with Crippen LogP contribution in [0.3, 0.4) is 0 Å². The Bertz CT molecular complexity index is 820. The number of carbonyl (C=O) groups excluding carboxylic acids is 1. The smallest absolute Gasteiger partial charge is 0.200 e. The average Bonchev–Trinajstić information content (AvgIpc) is 2.67. The molecule has 1 aliphatic heterocycles. The minimum Gasteiger partial charge on any atom is -0.508 e. The maximum Gasteiger partial charge on any atom is 0.200 e. The lowest BCUT2D eigenvalue weighted by Gasteiger charge is -2.27. The predicted molar refractivity (Wildman–Crippen MR) is 110 cm³/mol. The van der Waals surface area contributed by atoms with Crippen molar-refractivity contribution < 1.29 is 35.1 Å². The van der Waals surface area contributed by atoms with Crippen LogP contribution in [0.5, 0.6) is 34.5 Å². The predicted octanol–water partition coefficient (Wildman–Crippen LogP) is 4.54. The van der Waals surface area contributed by atoms with Gasteiger partial charge in [0.05, 0.1) is 0 Å². The second kappa shape index (κ2) is 10.5. The number of Topliss-reactive ketones (excluding diaryl/α,β-unsaturated/α-hetero) is 1. The molecule has 0 aliphatic carbocycles. The van der Waals surface area contributed by atoms with Crippen molar-refractivity contribution >= 4 is 5.78 Å². The molecule has 1 atom stereocenters. The van der Waals surface area contributed by atoms with Crippen molar-refractivity contribution in [1.29, 1.82) is 0 Å². The molecule has 1 aliphatic rings. The number of carbonyl (C=O) groups is 1. The van der Waals surface area contributed by atoms with E-state index in [1.807, 2.05) is 27.7 Å². The zero-order valence-electron chi connectivity index (χ0n) is 17.4. The Hall–Kier alpha value is -3.09. The number of rotatable bonds is 2. The topological polar surface area (TPSA) is 127 Å². The third-order valence-electron chi connectivity index (χ3n) is 4.37. The normalized spacial score (nSPS) is 14.5. The summed E-state index contributed by atoms with van der Waals surface area (Å²) in [5.74, 6) is -0.750. The van der Waals surface area contributed by atoms with E-state index in [1.165, 1.54) is 24.3 Å². The standard InChI is InChI=1S/C15H14O6.C5H10O.C2H6/c16-8-5-10(17)9-1-2-13(21-14(9)6-8)7-3-11(18)15(20)12(19)4-7;1-4(2)5(3)6;1-2/h3-6,13,16-20H,1-2H2;4H,1-3H3;1-2H3/t13-;;/m0../s1. The van der Waals surface area contributed by atoms with Gasteiger partial charge in [-0.05, 0) is 37.5 Å². The molecule has 0 radical (unpaired) electrons. The van der Waals surface area contributed by atoms with Gasteiger partial charge in [0.25, 0.3) is 0 Å². The molecule has 0 saturated carbocycles. The molecule has 0 spiro atoms. The molecule has 0 amide bonds. The number of ether oxygens (including phenoxy) is 1. The number of benzene rings is 2. The van der Waals surface area contributed by atoms with E-state index in [2.05, 4.69) is 0 Å². The summed E-state index contributed by atoms with van der Waals surface area (Å²) in [7, 11) is 0. The summed E-state index contributed by atoms with van der Waals surface area (Å²) in [6, 6.07) is 5.28. The number of fused-ring (bicyclic) bond motifs is 1. The minimum atomic E-state index is -0.578. The average molecular weight is 406 g/mol. The van der Waals surface area contributed by atoms with Crippen molar-refractivity contribution in [1.82, 2.24) is 0 Å². The van der Waals surface area contributed by atoms with Crippen molar-refractivity contribution in [2.24, 2.45) is 5.92 Å². The zero-order valence-corrected chi connectivity index (χ0v) is 17.4. The molecular formula is C22H30O7. The summed E-state index contributed by atoms with van der Waals surface area (Å²) >= 11 is 0. The number of phenolic OH excluding ortho intramolecular Hbond substituents is 5. The monoisotopic (exact) mass is 406 g/mol. The first-order valence-electron chi connectivity index (χ1n) is 9.57. The summed E-state index contributed by atoms with van der Waals surface area (Å²) in [4.78, 5) is 10.1. The first-order chi connectivity index (χ1) is 13.6. The van der Waals surface area contributed by atoms with Gasteiger partial charge in [-0.3, -0.25) is 4.79 Å². The van der Waals surface area contributed by atoms with Crippen LogP contribution in [0.25, 0.3) is 0 Å². The van der Waals surface area contributed by atoms with Crippen LogP contribution in [0.2, 0.25) is 0 Å². The second-order valence-corrected chi connectivity index (χ2v) is 6.76. The van der Waals surface area contributed by atoms with Crippen molar-refractivity contribution in [3.63, 3.8) is 0 Å². The van der Waals surface area contributed by atoms with E-state index < -0.39 is 23.4 Å². The Morgan fingerprint density at radius 3 is 1.97 bits per heavy atom. The molecule has 0 unspecified atom stereocenters. The van der Waals surface area contributed by atoms with E-state index >= 15 is 0 Å². The summed E-state index contributed by atoms with van der Waals surface area (Å²) in [5, 5.41) is 47.7. The van der Waals surface area contributed by atoms with Gasteiger partial charge >= 0.3 is 0 Å². The van der Waals surface area contributed by atoms with Gasteiger partial charge in [0, 0.05) is 23.6 Å². The van der Waals surface area contributed by atoms with Gasteiger partial charge < -0.3 is 30.3 Å². The Morgan fingerprint density at radius 2 is 1.48 bits per heavy atom. The fourth-order valence-corrected chi connectivity index (χ4v) is 2.51. The molecule has 7 nitrogen and oxygen atoms in total. The van der Waals surface area contributed by atoms with E-state index in [1.54, 1.807) is 6.92 Å². The molecule has 2 aromatic rings. The van der Waals surface area contributed by atoms with Crippen LogP contribution in [0.1, 0.15) is 58.3 Å². The molecule has 1 heterocycles. The van der Waals surface area contributed by atoms with Crippen molar-refractivity contribution in [3.8, 4) is 34.5 Å². The van der Waals surface area contributed by atoms with Gasteiger partial charge in [0.2, 0.25) is 0 Å². The first-order valence-corrected chi connectivity index (χ1v) is 9.57. The van der Waals surface area contributed by atoms with Crippen LogP contribution < -0.4 is 4.74 Å². The molecule has 29 heavy (non-hydrogen) atoms. The third-order valence-corrected chi connectivity index (χ3v) is 4.37.